The van der Waals surface area contributed by atoms with Crippen molar-refractivity contribution in [1.29, 1.82) is 0 Å². The summed E-state index contributed by atoms with van der Waals surface area (Å²) in [4.78, 5) is 50.5. The van der Waals surface area contributed by atoms with Crippen molar-refractivity contribution in [2.45, 2.75) is 90.3 Å². The Balaban J connectivity index is 0.000000165. The fraction of sp³-hybridized carbons (Fsp3) is 0.259. The smallest absolute Gasteiger partial charge is 0.224 e. The lowest BCUT2D eigenvalue weighted by Crippen LogP contribution is -2.26. The molecule has 0 saturated carbocycles. The van der Waals surface area contributed by atoms with Crippen LogP contribution in [-0.2, 0) is 46.9 Å². The number of aromatic hydroxyl groups is 3. The van der Waals surface area contributed by atoms with Gasteiger partial charge >= 0.3 is 0 Å². The largest absolute Gasteiger partial charge is 0.502 e. The molecule has 0 fully saturated rings. The molecule has 12 rings (SSSR count). The summed E-state index contributed by atoms with van der Waals surface area (Å²) in [5.41, 5.74) is 14.8. The SMILES string of the molecule is COc1cc(/C=C2/C(C)=C(CC(=O)NCc3cccnc3)c3cc(F)ccc32)cc(OC)c1O.COc1cc(CC2C(C)=C(CC(=O)NCc3cccnc3)c3cc(F)ccc32)cc(OC)c1O.COc1cc(CC2c3ccc(F)cc3C(CC(=O)NCc3cccnc3)C2C)cc(OC)c1O. The van der Waals surface area contributed by atoms with E-state index in [1.807, 2.05) is 62.4 Å². The maximum atomic E-state index is 14.2. The van der Waals surface area contributed by atoms with E-state index in [9.17, 15) is 42.9 Å². The average Bonchev–Trinajstić information content (AvgIpc) is 1.63. The van der Waals surface area contributed by atoms with Gasteiger partial charge in [0, 0.05) is 69.2 Å². The Morgan fingerprint density at radius 1 is 0.461 bits per heavy atom. The number of benzene rings is 6. The van der Waals surface area contributed by atoms with Crippen molar-refractivity contribution >= 4 is 40.5 Å². The highest BCUT2D eigenvalue weighted by molar-refractivity contribution is 6.08. The highest BCUT2D eigenvalue weighted by atomic mass is 19.1. The van der Waals surface area contributed by atoms with E-state index in [1.54, 1.807) is 91.8 Å². The average molecular weight is 1390 g/mol. The van der Waals surface area contributed by atoms with Crippen molar-refractivity contribution in [2.24, 2.45) is 5.92 Å². The molecule has 4 atom stereocenters. The molecule has 0 bridgehead atoms. The quantitative estimate of drug-likeness (QED) is 0.0349. The number of nitrogens with zero attached hydrogens (tertiary/aromatic N) is 3. The van der Waals surface area contributed by atoms with Crippen molar-refractivity contribution in [1.82, 2.24) is 30.9 Å². The third-order valence-corrected chi connectivity index (χ3v) is 18.8. The minimum Gasteiger partial charge on any atom is -0.502 e. The monoisotopic (exact) mass is 1390 g/mol. The number of carbonyl (C=O) groups is 3. The van der Waals surface area contributed by atoms with Gasteiger partial charge in [-0.25, -0.2) is 13.2 Å². The molecular formula is C81H81F3N6O12. The molecule has 3 aliphatic carbocycles. The van der Waals surface area contributed by atoms with Crippen LogP contribution in [0.25, 0.3) is 22.8 Å². The van der Waals surface area contributed by atoms with Gasteiger partial charge in [0.1, 0.15) is 17.5 Å². The number of hydrogen-bond acceptors (Lipinski definition) is 15. The predicted molar refractivity (Wildman–Crippen MR) is 383 cm³/mol. The molecule has 0 spiro atoms. The van der Waals surface area contributed by atoms with E-state index >= 15 is 0 Å². The number of fused-ring (bicyclic) bond motifs is 3. The predicted octanol–water partition coefficient (Wildman–Crippen LogP) is 14.5. The van der Waals surface area contributed by atoms with Crippen LogP contribution in [0.4, 0.5) is 13.2 Å². The summed E-state index contributed by atoms with van der Waals surface area (Å²) in [5, 5.41) is 39.5. The standard InChI is InChI=1S/C27H29FN2O4.C27H27FN2O4.C27H25FN2O4/c3*1-16-21(9-18-10-24(33-2)27(32)25(11-18)34-3)20-7-6-19(28)12-23(20)22(16)13-26(31)30-15-17-5-4-8-29-14-17/h4-8,10-12,14,16,21-22,32H,9,13,15H2,1-3H3,(H,30,31);4-8,10-12,14,21,32H,9,13,15H2,1-3H3,(H,30,31);4-12,14,32H,13,15H2,1-3H3,(H,30,31)/b;;21-9-. The van der Waals surface area contributed by atoms with Gasteiger partial charge in [-0.15, -0.1) is 0 Å². The van der Waals surface area contributed by atoms with Crippen molar-refractivity contribution in [3.8, 4) is 51.7 Å². The number of rotatable bonds is 23. The van der Waals surface area contributed by atoms with Crippen LogP contribution in [-0.4, -0.2) is 90.7 Å². The zero-order valence-electron chi connectivity index (χ0n) is 58.1. The normalized spacial score (nSPS) is 15.7. The second-order valence-corrected chi connectivity index (χ2v) is 25.0. The lowest BCUT2D eigenvalue weighted by molar-refractivity contribution is -0.122. The van der Waals surface area contributed by atoms with E-state index in [-0.39, 0.29) is 107 Å². The maximum absolute atomic E-state index is 14.2. The number of allylic oxidation sites excluding steroid dienone is 3. The van der Waals surface area contributed by atoms with E-state index < -0.39 is 0 Å². The number of halogens is 3. The third kappa shape index (κ3) is 17.2. The van der Waals surface area contributed by atoms with Crippen LogP contribution >= 0.6 is 0 Å². The second kappa shape index (κ2) is 33.5. The van der Waals surface area contributed by atoms with E-state index in [0.717, 1.165) is 89.1 Å². The van der Waals surface area contributed by atoms with Gasteiger partial charge in [-0.3, -0.25) is 29.3 Å². The number of carbonyl (C=O) groups excluding carboxylic acids is 3. The number of methoxy groups -OCH3 is 6. The molecule has 6 aromatic carbocycles. The molecular weight excluding hydrogens is 1310 g/mol. The Hall–Kier alpha value is -11.6. The van der Waals surface area contributed by atoms with Gasteiger partial charge in [-0.1, -0.05) is 48.9 Å². The lowest BCUT2D eigenvalue weighted by atomic mass is 9.83. The molecule has 18 nitrogen and oxygen atoms in total. The lowest BCUT2D eigenvalue weighted by Gasteiger charge is -2.22. The minimum atomic E-state index is -0.367. The van der Waals surface area contributed by atoms with Crippen LogP contribution in [0.3, 0.4) is 0 Å². The Labute approximate surface area is 590 Å². The van der Waals surface area contributed by atoms with E-state index in [0.29, 0.717) is 61.0 Å². The topological polar surface area (TPSA) is 242 Å². The van der Waals surface area contributed by atoms with E-state index in [4.69, 9.17) is 28.4 Å². The maximum Gasteiger partial charge on any atom is 0.224 e. The van der Waals surface area contributed by atoms with Gasteiger partial charge in [0.2, 0.25) is 35.0 Å². The van der Waals surface area contributed by atoms with Crippen LogP contribution in [0.2, 0.25) is 0 Å². The number of pyridine rings is 3. The van der Waals surface area contributed by atoms with Crippen LogP contribution < -0.4 is 44.4 Å². The molecule has 3 heterocycles. The zero-order valence-corrected chi connectivity index (χ0v) is 58.1. The number of phenols is 3. The first kappa shape index (κ1) is 73.1. The van der Waals surface area contributed by atoms with Gasteiger partial charge in [-0.2, -0.15) is 0 Å². The molecule has 102 heavy (non-hydrogen) atoms. The molecule has 21 heteroatoms. The van der Waals surface area contributed by atoms with Gasteiger partial charge < -0.3 is 59.7 Å². The Morgan fingerprint density at radius 2 is 0.882 bits per heavy atom. The number of aromatic nitrogens is 3. The van der Waals surface area contributed by atoms with Crippen molar-refractivity contribution < 1.29 is 71.3 Å². The van der Waals surface area contributed by atoms with Gasteiger partial charge in [-0.05, 0) is 231 Å². The molecule has 3 amide bonds. The highest BCUT2D eigenvalue weighted by Crippen LogP contribution is 2.52. The summed E-state index contributed by atoms with van der Waals surface area (Å²) in [7, 11) is 8.89. The summed E-state index contributed by atoms with van der Waals surface area (Å²) in [6.07, 6.45) is 13.9. The molecule has 9 aromatic rings. The van der Waals surface area contributed by atoms with E-state index in [2.05, 4.69) is 37.8 Å². The number of ether oxygens (including phenoxy) is 6. The number of amides is 3. The van der Waals surface area contributed by atoms with Gasteiger partial charge in [0.25, 0.3) is 0 Å². The van der Waals surface area contributed by atoms with Crippen LogP contribution in [0.1, 0.15) is 125 Å². The van der Waals surface area contributed by atoms with Gasteiger partial charge in [0.05, 0.1) is 55.5 Å². The third-order valence-electron chi connectivity index (χ3n) is 18.8. The number of phenolic OH excluding ortho intramolecular Hbond substituents is 3. The molecule has 528 valence electrons. The second-order valence-electron chi connectivity index (χ2n) is 25.0. The summed E-state index contributed by atoms with van der Waals surface area (Å²) in [6.45, 7) is 7.16. The van der Waals surface area contributed by atoms with Crippen molar-refractivity contribution in [3.05, 3.63) is 260 Å². The molecule has 4 unspecified atom stereocenters. The van der Waals surface area contributed by atoms with Crippen LogP contribution in [0.5, 0.6) is 51.7 Å². The summed E-state index contributed by atoms with van der Waals surface area (Å²) in [6, 6.07) is 35.9. The van der Waals surface area contributed by atoms with Gasteiger partial charge in [0.15, 0.2) is 34.5 Å². The molecule has 0 radical (unpaired) electrons. The molecule has 3 aliphatic rings. The van der Waals surface area contributed by atoms with Crippen LogP contribution in [0.15, 0.2) is 176 Å². The Bertz CT molecular complexity index is 4550. The fourth-order valence-electron chi connectivity index (χ4n) is 13.5. The fourth-order valence-corrected chi connectivity index (χ4v) is 13.5. The molecule has 0 saturated heterocycles. The number of nitrogens with one attached hydrogen (secondary N) is 3. The van der Waals surface area contributed by atoms with Crippen molar-refractivity contribution in [2.75, 3.05) is 42.7 Å². The minimum absolute atomic E-state index is 0.0427. The zero-order chi connectivity index (χ0) is 72.7. The molecule has 0 aliphatic heterocycles. The Kier molecular flexibility index (Phi) is 24.0. The number of hydrogen-bond donors (Lipinski definition) is 6. The first-order valence-electron chi connectivity index (χ1n) is 33.0. The first-order valence-corrected chi connectivity index (χ1v) is 33.0. The Morgan fingerprint density at radius 3 is 1.35 bits per heavy atom. The summed E-state index contributed by atoms with van der Waals surface area (Å²) >= 11 is 0. The molecule has 6 N–H and O–H groups in total. The summed E-state index contributed by atoms with van der Waals surface area (Å²) < 4.78 is 74.2. The van der Waals surface area contributed by atoms with E-state index in [1.165, 1.54) is 73.0 Å². The highest BCUT2D eigenvalue weighted by Gasteiger charge is 2.40. The van der Waals surface area contributed by atoms with Crippen molar-refractivity contribution in [3.63, 3.8) is 0 Å². The van der Waals surface area contributed by atoms with Crippen LogP contribution in [0, 0.1) is 23.4 Å². The molecule has 3 aromatic heterocycles. The summed E-state index contributed by atoms with van der Waals surface area (Å²) in [5.74, 6) is 0.331. The first-order chi connectivity index (χ1) is 49.2.